The van der Waals surface area contributed by atoms with Gasteiger partial charge in [-0.15, -0.1) is 0 Å². The van der Waals surface area contributed by atoms with Crippen LogP contribution < -0.4 is 5.73 Å². The molecule has 0 amide bonds. The lowest BCUT2D eigenvalue weighted by atomic mass is 10.2. The normalized spacial score (nSPS) is 10.0. The van der Waals surface area contributed by atoms with Crippen LogP contribution in [0.4, 0.5) is 5.69 Å². The Morgan fingerprint density at radius 1 is 1.55 bits per heavy atom. The number of halogens is 1. The van der Waals surface area contributed by atoms with E-state index in [1.807, 2.05) is 0 Å². The van der Waals surface area contributed by atoms with E-state index in [0.717, 1.165) is 0 Å². The van der Waals surface area contributed by atoms with Crippen LogP contribution in [-0.2, 0) is 11.5 Å². The van der Waals surface area contributed by atoms with E-state index in [1.165, 1.54) is 0 Å². The molecule has 60 valence electrons. The Balaban J connectivity index is 3.00. The molecule has 11 heavy (non-hydrogen) atoms. The van der Waals surface area contributed by atoms with Crippen LogP contribution in [0, 0.1) is 0 Å². The summed E-state index contributed by atoms with van der Waals surface area (Å²) in [5.74, 6) is 0. The van der Waals surface area contributed by atoms with Gasteiger partial charge >= 0.3 is 0 Å². The molecule has 4 heteroatoms. The molecule has 0 unspecified atom stereocenters. The Kier molecular flexibility index (Phi) is 2.70. The maximum Gasteiger partial charge on any atom is 0.110 e. The van der Waals surface area contributed by atoms with Crippen molar-refractivity contribution in [2.24, 2.45) is 0 Å². The molecule has 0 heterocycles. The maximum absolute atomic E-state index is 8.15. The quantitative estimate of drug-likeness (QED) is 0.408. The van der Waals surface area contributed by atoms with E-state index in [4.69, 9.17) is 22.6 Å². The number of benzene rings is 1. The Labute approximate surface area is 69.3 Å². The topological polar surface area (TPSA) is 55.5 Å². The number of nitrogens with two attached hydrogens (primary N) is 1. The highest BCUT2D eigenvalue weighted by molar-refractivity contribution is 6.31. The first-order valence-electron chi connectivity index (χ1n) is 3.05. The molecular weight excluding hydrogens is 166 g/mol. The molecule has 0 aliphatic carbocycles. The fourth-order valence-corrected chi connectivity index (χ4v) is 1.03. The average molecular weight is 174 g/mol. The van der Waals surface area contributed by atoms with Gasteiger partial charge in [-0.25, -0.2) is 4.89 Å². The van der Waals surface area contributed by atoms with Crippen molar-refractivity contribution < 1.29 is 10.1 Å². The summed E-state index contributed by atoms with van der Waals surface area (Å²) < 4.78 is 0. The minimum absolute atomic E-state index is 0.0194. The molecule has 3 nitrogen and oxygen atoms in total. The van der Waals surface area contributed by atoms with Crippen LogP contribution >= 0.6 is 11.6 Å². The second-order valence-electron chi connectivity index (χ2n) is 2.08. The zero-order valence-electron chi connectivity index (χ0n) is 5.75. The van der Waals surface area contributed by atoms with Gasteiger partial charge in [-0.3, -0.25) is 5.26 Å². The van der Waals surface area contributed by atoms with Crippen LogP contribution in [-0.4, -0.2) is 5.26 Å². The van der Waals surface area contributed by atoms with E-state index >= 15 is 0 Å². The van der Waals surface area contributed by atoms with Gasteiger partial charge in [0.2, 0.25) is 0 Å². The summed E-state index contributed by atoms with van der Waals surface area (Å²) in [6, 6.07) is 5.12. The van der Waals surface area contributed by atoms with E-state index < -0.39 is 0 Å². The van der Waals surface area contributed by atoms with Gasteiger partial charge in [0.1, 0.15) is 6.61 Å². The van der Waals surface area contributed by atoms with Crippen LogP contribution in [0.3, 0.4) is 0 Å². The van der Waals surface area contributed by atoms with Crippen molar-refractivity contribution in [1.29, 1.82) is 0 Å². The van der Waals surface area contributed by atoms with Crippen LogP contribution in [0.2, 0.25) is 5.02 Å². The standard InChI is InChI=1S/C7H8ClNO2/c8-6-2-1-3-7(9)5(6)4-11-10/h1-3,10H,4,9H2. The number of anilines is 1. The Hall–Kier alpha value is -0.770. The van der Waals surface area contributed by atoms with Crippen molar-refractivity contribution >= 4 is 17.3 Å². The molecule has 0 saturated heterocycles. The molecule has 0 fully saturated rings. The molecule has 1 aromatic rings. The maximum atomic E-state index is 8.15. The molecule has 0 atom stereocenters. The first-order chi connectivity index (χ1) is 5.25. The average Bonchev–Trinajstić information content (AvgIpc) is 1.97. The van der Waals surface area contributed by atoms with E-state index in [0.29, 0.717) is 16.3 Å². The lowest BCUT2D eigenvalue weighted by Gasteiger charge is -2.04. The summed E-state index contributed by atoms with van der Waals surface area (Å²) >= 11 is 5.74. The molecule has 0 saturated carbocycles. The van der Waals surface area contributed by atoms with Gasteiger partial charge in [-0.1, -0.05) is 17.7 Å². The fourth-order valence-electron chi connectivity index (χ4n) is 0.792. The van der Waals surface area contributed by atoms with E-state index in [9.17, 15) is 0 Å². The molecule has 0 spiro atoms. The smallest absolute Gasteiger partial charge is 0.110 e. The van der Waals surface area contributed by atoms with Gasteiger partial charge in [0.25, 0.3) is 0 Å². The van der Waals surface area contributed by atoms with Crippen LogP contribution in [0.25, 0.3) is 0 Å². The van der Waals surface area contributed by atoms with Gasteiger partial charge in [0.15, 0.2) is 0 Å². The van der Waals surface area contributed by atoms with Crippen molar-refractivity contribution in [3.05, 3.63) is 28.8 Å². The van der Waals surface area contributed by atoms with Gasteiger partial charge in [0, 0.05) is 16.3 Å². The van der Waals surface area contributed by atoms with Crippen molar-refractivity contribution in [3.63, 3.8) is 0 Å². The summed E-state index contributed by atoms with van der Waals surface area (Å²) in [4.78, 5) is 3.93. The molecular formula is C7H8ClNO2. The molecule has 0 aliphatic rings. The fraction of sp³-hybridized carbons (Fsp3) is 0.143. The lowest BCUT2D eigenvalue weighted by Crippen LogP contribution is -1.96. The largest absolute Gasteiger partial charge is 0.398 e. The number of hydrogen-bond donors (Lipinski definition) is 2. The first kappa shape index (κ1) is 8.33. The second-order valence-corrected chi connectivity index (χ2v) is 2.49. The minimum Gasteiger partial charge on any atom is -0.398 e. The van der Waals surface area contributed by atoms with Crippen LogP contribution in [0.5, 0.6) is 0 Å². The first-order valence-corrected chi connectivity index (χ1v) is 3.42. The Bertz CT molecular complexity index is 232. The molecule has 1 rings (SSSR count). The monoisotopic (exact) mass is 173 g/mol. The second kappa shape index (κ2) is 3.57. The van der Waals surface area contributed by atoms with Crippen LogP contribution in [0.1, 0.15) is 5.56 Å². The number of hydrogen-bond acceptors (Lipinski definition) is 3. The third-order valence-electron chi connectivity index (χ3n) is 1.36. The number of rotatable bonds is 2. The zero-order valence-corrected chi connectivity index (χ0v) is 6.51. The highest BCUT2D eigenvalue weighted by Gasteiger charge is 2.02. The van der Waals surface area contributed by atoms with Gasteiger partial charge in [0.05, 0.1) is 0 Å². The molecule has 0 aliphatic heterocycles. The predicted molar refractivity (Wildman–Crippen MR) is 43.3 cm³/mol. The Morgan fingerprint density at radius 2 is 2.27 bits per heavy atom. The lowest BCUT2D eigenvalue weighted by molar-refractivity contribution is -0.252. The minimum atomic E-state index is 0.0194. The third kappa shape index (κ3) is 1.83. The zero-order chi connectivity index (χ0) is 8.27. The van der Waals surface area contributed by atoms with E-state index in [2.05, 4.69) is 4.89 Å². The van der Waals surface area contributed by atoms with Gasteiger partial charge in [-0.05, 0) is 12.1 Å². The molecule has 0 aromatic heterocycles. The van der Waals surface area contributed by atoms with Crippen LogP contribution in [0.15, 0.2) is 18.2 Å². The van der Waals surface area contributed by atoms with E-state index in [-0.39, 0.29) is 6.61 Å². The third-order valence-corrected chi connectivity index (χ3v) is 1.72. The number of nitrogen functional groups attached to an aromatic ring is 1. The molecule has 0 radical (unpaired) electrons. The predicted octanol–water partition coefficient (Wildman–Crippen LogP) is 1.91. The van der Waals surface area contributed by atoms with Crippen molar-refractivity contribution in [3.8, 4) is 0 Å². The summed E-state index contributed by atoms with van der Waals surface area (Å²) in [5.41, 5.74) is 6.66. The Morgan fingerprint density at radius 3 is 2.82 bits per heavy atom. The van der Waals surface area contributed by atoms with Crippen molar-refractivity contribution in [1.82, 2.24) is 0 Å². The van der Waals surface area contributed by atoms with Crippen molar-refractivity contribution in [2.45, 2.75) is 6.61 Å². The van der Waals surface area contributed by atoms with E-state index in [1.54, 1.807) is 18.2 Å². The van der Waals surface area contributed by atoms with Gasteiger partial charge < -0.3 is 5.73 Å². The summed E-state index contributed by atoms with van der Waals surface area (Å²) in [6.45, 7) is 0.0194. The molecule has 0 bridgehead atoms. The van der Waals surface area contributed by atoms with Crippen molar-refractivity contribution in [2.75, 3.05) is 5.73 Å². The summed E-state index contributed by atoms with van der Waals surface area (Å²) in [5, 5.41) is 8.65. The molecule has 3 N–H and O–H groups in total. The summed E-state index contributed by atoms with van der Waals surface area (Å²) in [6.07, 6.45) is 0. The SMILES string of the molecule is Nc1cccc(Cl)c1COO. The summed E-state index contributed by atoms with van der Waals surface area (Å²) in [7, 11) is 0. The molecule has 1 aromatic carbocycles. The highest BCUT2D eigenvalue weighted by Crippen LogP contribution is 2.21. The highest BCUT2D eigenvalue weighted by atomic mass is 35.5. The van der Waals surface area contributed by atoms with Gasteiger partial charge in [-0.2, -0.15) is 0 Å².